The Labute approximate surface area is 99.5 Å². The zero-order valence-electron chi connectivity index (χ0n) is 9.64. The first-order valence-corrected chi connectivity index (χ1v) is 6.66. The summed E-state index contributed by atoms with van der Waals surface area (Å²) >= 11 is 0. The van der Waals surface area contributed by atoms with Gasteiger partial charge in [-0.2, -0.15) is 8.42 Å². The van der Waals surface area contributed by atoms with Gasteiger partial charge in [-0.3, -0.25) is 9.59 Å². The second-order valence-electron chi connectivity index (χ2n) is 4.18. The van der Waals surface area contributed by atoms with E-state index in [1.54, 1.807) is 6.92 Å². The molecule has 0 aromatic rings. The standard InChI is InChI=1S/C10H14FNO4S/c1-7(3-8(2)13)12-5-9(4-10(12)14)6-17(11,15)16/h3,9H,4-6H2,1-2H3. The van der Waals surface area contributed by atoms with Gasteiger partial charge in [0.1, 0.15) is 0 Å². The fourth-order valence-corrected chi connectivity index (χ4v) is 2.67. The predicted molar refractivity (Wildman–Crippen MR) is 59.2 cm³/mol. The largest absolute Gasteiger partial charge is 0.316 e. The van der Waals surface area contributed by atoms with Crippen molar-refractivity contribution in [2.45, 2.75) is 20.3 Å². The summed E-state index contributed by atoms with van der Waals surface area (Å²) in [4.78, 5) is 23.7. The first kappa shape index (κ1) is 13.8. The third kappa shape index (κ3) is 4.26. The average molecular weight is 263 g/mol. The van der Waals surface area contributed by atoms with Gasteiger partial charge in [0.25, 0.3) is 0 Å². The summed E-state index contributed by atoms with van der Waals surface area (Å²) < 4.78 is 33.4. The molecular weight excluding hydrogens is 249 g/mol. The van der Waals surface area contributed by atoms with E-state index in [2.05, 4.69) is 0 Å². The molecule has 1 rings (SSSR count). The summed E-state index contributed by atoms with van der Waals surface area (Å²) in [7, 11) is -4.57. The maximum atomic E-state index is 12.5. The van der Waals surface area contributed by atoms with Crippen molar-refractivity contribution in [2.24, 2.45) is 5.92 Å². The zero-order valence-corrected chi connectivity index (χ0v) is 10.5. The van der Waals surface area contributed by atoms with E-state index in [0.29, 0.717) is 5.70 Å². The lowest BCUT2D eigenvalue weighted by Gasteiger charge is -2.16. The summed E-state index contributed by atoms with van der Waals surface area (Å²) in [5.41, 5.74) is 0.459. The van der Waals surface area contributed by atoms with E-state index in [4.69, 9.17) is 0 Å². The van der Waals surface area contributed by atoms with Crippen LogP contribution in [0.2, 0.25) is 0 Å². The lowest BCUT2D eigenvalue weighted by Crippen LogP contribution is -2.24. The number of nitrogens with zero attached hydrogens (tertiary/aromatic N) is 1. The van der Waals surface area contributed by atoms with Gasteiger partial charge < -0.3 is 4.90 Å². The maximum Gasteiger partial charge on any atom is 0.302 e. The highest BCUT2D eigenvalue weighted by Gasteiger charge is 2.33. The Morgan fingerprint density at radius 3 is 2.59 bits per heavy atom. The van der Waals surface area contributed by atoms with Gasteiger partial charge in [-0.1, -0.05) is 0 Å². The van der Waals surface area contributed by atoms with Crippen LogP contribution in [0.3, 0.4) is 0 Å². The van der Waals surface area contributed by atoms with Crippen molar-refractivity contribution in [1.29, 1.82) is 0 Å². The lowest BCUT2D eigenvalue weighted by molar-refractivity contribution is -0.126. The molecule has 0 N–H and O–H groups in total. The Bertz CT molecular complexity index is 469. The molecule has 5 nitrogen and oxygen atoms in total. The first-order valence-electron chi connectivity index (χ1n) is 5.10. The highest BCUT2D eigenvalue weighted by Crippen LogP contribution is 2.23. The number of ketones is 1. The number of halogens is 1. The van der Waals surface area contributed by atoms with Crippen LogP contribution in [0.25, 0.3) is 0 Å². The van der Waals surface area contributed by atoms with Gasteiger partial charge in [0.05, 0.1) is 5.75 Å². The molecule has 0 bridgehead atoms. The molecule has 0 aromatic heterocycles. The molecular formula is C10H14FNO4S. The number of carbonyl (C=O) groups excluding carboxylic acids is 2. The van der Waals surface area contributed by atoms with Crippen LogP contribution in [0.5, 0.6) is 0 Å². The Hall–Kier alpha value is -1.24. The van der Waals surface area contributed by atoms with Gasteiger partial charge in [0.2, 0.25) is 5.91 Å². The fourth-order valence-electron chi connectivity index (χ4n) is 1.89. The molecule has 1 fully saturated rings. The van der Waals surface area contributed by atoms with Crippen LogP contribution < -0.4 is 0 Å². The molecule has 0 aromatic carbocycles. The summed E-state index contributed by atoms with van der Waals surface area (Å²) in [5, 5.41) is 0. The van der Waals surface area contributed by atoms with Crippen molar-refractivity contribution in [3.05, 3.63) is 11.8 Å². The molecule has 0 radical (unpaired) electrons. The van der Waals surface area contributed by atoms with Gasteiger partial charge in [-0.25, -0.2) is 0 Å². The van der Waals surface area contributed by atoms with Gasteiger partial charge in [-0.05, 0) is 13.8 Å². The highest BCUT2D eigenvalue weighted by molar-refractivity contribution is 7.86. The normalized spacial score (nSPS) is 22.1. The minimum Gasteiger partial charge on any atom is -0.316 e. The minimum atomic E-state index is -4.57. The van der Waals surface area contributed by atoms with Crippen molar-refractivity contribution in [1.82, 2.24) is 4.90 Å². The second kappa shape index (κ2) is 4.95. The molecule has 1 heterocycles. The van der Waals surface area contributed by atoms with Crippen molar-refractivity contribution in [3.8, 4) is 0 Å². The third-order valence-corrected chi connectivity index (χ3v) is 3.35. The van der Waals surface area contributed by atoms with Crippen LogP contribution in [0.15, 0.2) is 11.8 Å². The van der Waals surface area contributed by atoms with Gasteiger partial charge >= 0.3 is 10.2 Å². The van der Waals surface area contributed by atoms with Crippen LogP contribution in [0.1, 0.15) is 20.3 Å². The molecule has 7 heteroatoms. The molecule has 1 saturated heterocycles. The van der Waals surface area contributed by atoms with Crippen molar-refractivity contribution < 1.29 is 21.9 Å². The average Bonchev–Trinajstić information content (AvgIpc) is 2.41. The molecule has 0 spiro atoms. The molecule has 1 atom stereocenters. The van der Waals surface area contributed by atoms with E-state index in [9.17, 15) is 21.9 Å². The number of hydrogen-bond acceptors (Lipinski definition) is 4. The molecule has 17 heavy (non-hydrogen) atoms. The smallest absolute Gasteiger partial charge is 0.302 e. The van der Waals surface area contributed by atoms with Gasteiger partial charge in [0, 0.05) is 30.7 Å². The van der Waals surface area contributed by atoms with Crippen LogP contribution >= 0.6 is 0 Å². The highest BCUT2D eigenvalue weighted by atomic mass is 32.3. The van der Waals surface area contributed by atoms with Crippen molar-refractivity contribution in [2.75, 3.05) is 12.3 Å². The number of carbonyl (C=O) groups is 2. The SMILES string of the molecule is CC(=O)C=C(C)N1CC(CS(=O)(=O)F)CC1=O. The zero-order chi connectivity index (χ0) is 13.2. The number of rotatable bonds is 4. The maximum absolute atomic E-state index is 12.5. The monoisotopic (exact) mass is 263 g/mol. The summed E-state index contributed by atoms with van der Waals surface area (Å²) in [6.07, 6.45) is 1.29. The van der Waals surface area contributed by atoms with E-state index < -0.39 is 21.9 Å². The molecule has 1 aliphatic heterocycles. The second-order valence-corrected chi connectivity index (χ2v) is 5.59. The third-order valence-electron chi connectivity index (χ3n) is 2.48. The molecule has 0 saturated carbocycles. The molecule has 96 valence electrons. The number of amides is 1. The molecule has 1 unspecified atom stereocenters. The van der Waals surface area contributed by atoms with E-state index in [0.717, 1.165) is 0 Å². The number of likely N-dealkylation sites (tertiary alicyclic amines) is 1. The van der Waals surface area contributed by atoms with E-state index in [1.807, 2.05) is 0 Å². The molecule has 1 amide bonds. The van der Waals surface area contributed by atoms with Gasteiger partial charge in [-0.15, -0.1) is 3.89 Å². The summed E-state index contributed by atoms with van der Waals surface area (Å²) in [6.45, 7) is 3.08. The van der Waals surface area contributed by atoms with Crippen LogP contribution in [-0.2, 0) is 19.8 Å². The molecule has 1 aliphatic rings. The number of hydrogen-bond donors (Lipinski definition) is 0. The fraction of sp³-hybridized carbons (Fsp3) is 0.600. The minimum absolute atomic E-state index is 0.00770. The summed E-state index contributed by atoms with van der Waals surface area (Å²) in [6, 6.07) is 0. The van der Waals surface area contributed by atoms with Crippen molar-refractivity contribution in [3.63, 3.8) is 0 Å². The predicted octanol–water partition coefficient (Wildman–Crippen LogP) is 0.627. The lowest BCUT2D eigenvalue weighted by atomic mass is 10.1. The van der Waals surface area contributed by atoms with Crippen LogP contribution in [0, 0.1) is 5.92 Å². The number of allylic oxidation sites excluding steroid dienone is 2. The van der Waals surface area contributed by atoms with Crippen molar-refractivity contribution >= 4 is 21.9 Å². The Balaban J connectivity index is 2.74. The Morgan fingerprint density at radius 1 is 1.53 bits per heavy atom. The Kier molecular flexibility index (Phi) is 4.03. The van der Waals surface area contributed by atoms with Gasteiger partial charge in [0.15, 0.2) is 5.78 Å². The van der Waals surface area contributed by atoms with Crippen LogP contribution in [0.4, 0.5) is 3.89 Å². The quantitative estimate of drug-likeness (QED) is 0.551. The van der Waals surface area contributed by atoms with E-state index in [-0.39, 0.29) is 24.7 Å². The summed E-state index contributed by atoms with van der Waals surface area (Å²) in [5.74, 6) is -1.68. The molecule has 0 aliphatic carbocycles. The van der Waals surface area contributed by atoms with E-state index >= 15 is 0 Å². The Morgan fingerprint density at radius 2 is 2.12 bits per heavy atom. The van der Waals surface area contributed by atoms with Crippen LogP contribution in [-0.4, -0.2) is 37.3 Å². The topological polar surface area (TPSA) is 71.5 Å². The van der Waals surface area contributed by atoms with E-state index in [1.165, 1.54) is 17.9 Å². The first-order chi connectivity index (χ1) is 7.69.